The number of rotatable bonds is 1. The molecule has 0 saturated heterocycles. The van der Waals surface area contributed by atoms with Crippen molar-refractivity contribution in [1.29, 1.82) is 0 Å². The number of benzene rings is 1. The Morgan fingerprint density at radius 2 is 1.44 bits per heavy atom. The van der Waals surface area contributed by atoms with Crippen LogP contribution >= 0.6 is 0 Å². The third-order valence-electron chi connectivity index (χ3n) is 1.09. The van der Waals surface area contributed by atoms with Crippen molar-refractivity contribution in [3.63, 3.8) is 0 Å². The van der Waals surface area contributed by atoms with Crippen molar-refractivity contribution in [3.8, 4) is 0 Å². The molecule has 0 bridgehead atoms. The highest BCUT2D eigenvalue weighted by Crippen LogP contribution is 1.98. The second-order valence-electron chi connectivity index (χ2n) is 2.03. The number of carbonyl (C=O) groups is 2. The summed E-state index contributed by atoms with van der Waals surface area (Å²) in [4.78, 5) is 22.6. The Labute approximate surface area is 92.0 Å². The highest BCUT2D eigenvalue weighted by atomic mass is 17.1. The first kappa shape index (κ1) is 16.1. The van der Waals surface area contributed by atoms with E-state index < -0.39 is 12.1 Å². The van der Waals surface area contributed by atoms with Crippen LogP contribution in [0.25, 0.3) is 0 Å². The summed E-state index contributed by atoms with van der Waals surface area (Å²) in [7, 11) is 0. The SMILES string of the molecule is C=C.O=C(O)O.O=C(OO)c1ccccc1. The van der Waals surface area contributed by atoms with Crippen molar-refractivity contribution in [2.24, 2.45) is 0 Å². The summed E-state index contributed by atoms with van der Waals surface area (Å²) in [6.45, 7) is 6.00. The van der Waals surface area contributed by atoms with Crippen LogP contribution in [0.2, 0.25) is 0 Å². The van der Waals surface area contributed by atoms with Gasteiger partial charge in [-0.3, -0.25) is 4.89 Å². The number of carbonyl (C=O) groups excluding carboxylic acids is 1. The van der Waals surface area contributed by atoms with E-state index in [1.165, 1.54) is 0 Å². The minimum Gasteiger partial charge on any atom is -0.450 e. The molecule has 0 fully saturated rings. The van der Waals surface area contributed by atoms with E-state index in [1.54, 1.807) is 30.3 Å². The first-order chi connectivity index (χ1) is 7.57. The molecule has 0 aliphatic rings. The van der Waals surface area contributed by atoms with Crippen LogP contribution in [0.1, 0.15) is 10.4 Å². The predicted octanol–water partition coefficient (Wildman–Crippen LogP) is 2.34. The van der Waals surface area contributed by atoms with Gasteiger partial charge >= 0.3 is 12.1 Å². The van der Waals surface area contributed by atoms with Gasteiger partial charge in [0.2, 0.25) is 0 Å². The highest BCUT2D eigenvalue weighted by molar-refractivity contribution is 5.88. The summed E-state index contributed by atoms with van der Waals surface area (Å²) >= 11 is 0. The molecule has 0 amide bonds. The van der Waals surface area contributed by atoms with Crippen molar-refractivity contribution in [1.82, 2.24) is 0 Å². The molecule has 6 nitrogen and oxygen atoms in total. The van der Waals surface area contributed by atoms with Crippen LogP contribution in [0.15, 0.2) is 43.5 Å². The molecule has 16 heavy (non-hydrogen) atoms. The Balaban J connectivity index is 0. The van der Waals surface area contributed by atoms with Crippen LogP contribution in [0, 0.1) is 0 Å². The van der Waals surface area contributed by atoms with Crippen LogP contribution in [0.4, 0.5) is 4.79 Å². The topological polar surface area (TPSA) is 104 Å². The monoisotopic (exact) mass is 228 g/mol. The summed E-state index contributed by atoms with van der Waals surface area (Å²) in [5.41, 5.74) is 0.338. The summed E-state index contributed by atoms with van der Waals surface area (Å²) in [5.74, 6) is -0.736. The number of carboxylic acid groups (broad SMARTS) is 2. The smallest absolute Gasteiger partial charge is 0.450 e. The maximum absolute atomic E-state index is 10.5. The molecule has 0 spiro atoms. The van der Waals surface area contributed by atoms with Gasteiger partial charge in [-0.15, -0.1) is 13.2 Å². The van der Waals surface area contributed by atoms with E-state index in [1.807, 2.05) is 0 Å². The molecule has 0 saturated carbocycles. The molecule has 0 unspecified atom stereocenters. The standard InChI is InChI=1S/C7H6O3.C2H4.CH2O3/c8-7(10-9)6-4-2-1-3-5-6;1-2;2-1(3)4/h1-5,9H;1-2H2;(H2,2,3,4). The van der Waals surface area contributed by atoms with Crippen LogP contribution < -0.4 is 0 Å². The Bertz CT molecular complexity index is 304. The maximum atomic E-state index is 10.5. The van der Waals surface area contributed by atoms with Gasteiger partial charge in [-0.05, 0) is 12.1 Å². The molecule has 0 atom stereocenters. The first-order valence-corrected chi connectivity index (χ1v) is 3.90. The van der Waals surface area contributed by atoms with Gasteiger partial charge in [0.15, 0.2) is 0 Å². The minimum absolute atomic E-state index is 0.338. The summed E-state index contributed by atoms with van der Waals surface area (Å²) in [5, 5.41) is 21.9. The van der Waals surface area contributed by atoms with E-state index in [2.05, 4.69) is 18.0 Å². The van der Waals surface area contributed by atoms with Gasteiger partial charge in [0.25, 0.3) is 0 Å². The van der Waals surface area contributed by atoms with Gasteiger partial charge in [-0.25, -0.2) is 9.59 Å². The normalized spacial score (nSPS) is 7.31. The van der Waals surface area contributed by atoms with Crippen LogP contribution in [-0.4, -0.2) is 27.6 Å². The lowest BCUT2D eigenvalue weighted by atomic mass is 10.2. The van der Waals surface area contributed by atoms with Gasteiger partial charge in [-0.2, -0.15) is 5.26 Å². The zero-order valence-corrected chi connectivity index (χ0v) is 8.37. The van der Waals surface area contributed by atoms with Gasteiger partial charge < -0.3 is 10.2 Å². The van der Waals surface area contributed by atoms with Crippen molar-refractivity contribution < 1.29 is 29.9 Å². The Kier molecular flexibility index (Phi) is 10.8. The first-order valence-electron chi connectivity index (χ1n) is 3.90. The van der Waals surface area contributed by atoms with Crippen molar-refractivity contribution in [3.05, 3.63) is 49.1 Å². The molecule has 0 aliphatic carbocycles. The molecule has 0 aliphatic heterocycles. The zero-order chi connectivity index (χ0) is 13.0. The average Bonchev–Trinajstić information content (AvgIpc) is 2.31. The Hall–Kier alpha value is -2.34. The van der Waals surface area contributed by atoms with E-state index in [9.17, 15) is 4.79 Å². The molecular formula is C10H12O6. The van der Waals surface area contributed by atoms with Gasteiger partial charge in [-0.1, -0.05) is 18.2 Å². The Morgan fingerprint density at radius 3 is 1.75 bits per heavy atom. The van der Waals surface area contributed by atoms with Gasteiger partial charge in [0.1, 0.15) is 0 Å². The molecule has 6 heteroatoms. The van der Waals surface area contributed by atoms with E-state index in [0.29, 0.717) is 5.56 Å². The van der Waals surface area contributed by atoms with E-state index in [-0.39, 0.29) is 0 Å². The Morgan fingerprint density at radius 1 is 1.06 bits per heavy atom. The third-order valence-corrected chi connectivity index (χ3v) is 1.09. The second-order valence-corrected chi connectivity index (χ2v) is 2.03. The van der Waals surface area contributed by atoms with E-state index in [0.717, 1.165) is 0 Å². The van der Waals surface area contributed by atoms with Crippen molar-refractivity contribution >= 4 is 12.1 Å². The zero-order valence-electron chi connectivity index (χ0n) is 8.37. The summed E-state index contributed by atoms with van der Waals surface area (Å²) < 4.78 is 0. The molecule has 1 rings (SSSR count). The lowest BCUT2D eigenvalue weighted by Gasteiger charge is -1.92. The summed E-state index contributed by atoms with van der Waals surface area (Å²) in [6.07, 6.45) is -1.83. The van der Waals surface area contributed by atoms with Crippen molar-refractivity contribution in [2.45, 2.75) is 0 Å². The second kappa shape index (κ2) is 10.7. The number of hydrogen-bond acceptors (Lipinski definition) is 4. The fraction of sp³-hybridized carbons (Fsp3) is 0. The largest absolute Gasteiger partial charge is 0.503 e. The quantitative estimate of drug-likeness (QED) is 0.387. The van der Waals surface area contributed by atoms with E-state index in [4.69, 9.17) is 20.3 Å². The fourth-order valence-corrected chi connectivity index (χ4v) is 0.627. The minimum atomic E-state index is -1.83. The summed E-state index contributed by atoms with van der Waals surface area (Å²) in [6, 6.07) is 8.25. The molecule has 0 heterocycles. The molecule has 0 radical (unpaired) electrons. The average molecular weight is 228 g/mol. The van der Waals surface area contributed by atoms with Gasteiger partial charge in [0.05, 0.1) is 5.56 Å². The van der Waals surface area contributed by atoms with Crippen molar-refractivity contribution in [2.75, 3.05) is 0 Å². The molecule has 1 aromatic rings. The van der Waals surface area contributed by atoms with Crippen LogP contribution in [0.3, 0.4) is 0 Å². The lowest BCUT2D eigenvalue weighted by Crippen LogP contribution is -2.00. The maximum Gasteiger partial charge on any atom is 0.503 e. The fourth-order valence-electron chi connectivity index (χ4n) is 0.627. The molecule has 3 N–H and O–H groups in total. The lowest BCUT2D eigenvalue weighted by molar-refractivity contribution is -0.182. The van der Waals surface area contributed by atoms with Gasteiger partial charge in [0, 0.05) is 0 Å². The predicted molar refractivity (Wildman–Crippen MR) is 56.4 cm³/mol. The molecule has 1 aromatic carbocycles. The molecule has 0 aromatic heterocycles. The number of hydrogen-bond donors (Lipinski definition) is 3. The third kappa shape index (κ3) is 9.75. The van der Waals surface area contributed by atoms with E-state index >= 15 is 0 Å². The van der Waals surface area contributed by atoms with Crippen LogP contribution in [0.5, 0.6) is 0 Å². The highest BCUT2D eigenvalue weighted by Gasteiger charge is 2.02. The molecule has 88 valence electrons. The van der Waals surface area contributed by atoms with Crippen LogP contribution in [-0.2, 0) is 4.89 Å². The molecular weight excluding hydrogens is 216 g/mol.